The van der Waals surface area contributed by atoms with E-state index in [0.717, 1.165) is 13.0 Å². The molecule has 2 rings (SSSR count). The maximum Gasteiger partial charge on any atom is 0.255 e. The molecule has 0 heterocycles. The van der Waals surface area contributed by atoms with Crippen LogP contribution in [0.4, 0.5) is 5.69 Å². The smallest absolute Gasteiger partial charge is 0.255 e. The summed E-state index contributed by atoms with van der Waals surface area (Å²) in [6, 6.07) is 13.9. The van der Waals surface area contributed by atoms with Gasteiger partial charge in [0.25, 0.3) is 11.8 Å². The van der Waals surface area contributed by atoms with Crippen LogP contribution in [0.25, 0.3) is 0 Å². The summed E-state index contributed by atoms with van der Waals surface area (Å²) in [5.74, 6) is 0.235. The molecule has 0 atom stereocenters. The van der Waals surface area contributed by atoms with E-state index in [-0.39, 0.29) is 17.9 Å². The molecule has 0 spiro atoms. The number of carbonyl (C=O) groups is 2. The lowest BCUT2D eigenvalue weighted by Crippen LogP contribution is -2.27. The zero-order chi connectivity index (χ0) is 20.5. The lowest BCUT2D eigenvalue weighted by Gasteiger charge is -2.15. The molecule has 0 radical (unpaired) electrons. The van der Waals surface area contributed by atoms with Gasteiger partial charge in [0, 0.05) is 17.7 Å². The molecule has 6 nitrogen and oxygen atoms in total. The minimum Gasteiger partial charge on any atom is -0.489 e. The molecule has 0 aliphatic heterocycles. The normalized spacial score (nSPS) is 10.8. The second kappa shape index (κ2) is 10.5. The van der Waals surface area contributed by atoms with E-state index in [1.165, 1.54) is 0 Å². The van der Waals surface area contributed by atoms with Gasteiger partial charge in [0.2, 0.25) is 0 Å². The molecule has 0 aliphatic rings. The Balaban J connectivity index is 1.96. The van der Waals surface area contributed by atoms with Crippen molar-refractivity contribution in [3.8, 4) is 5.75 Å². The summed E-state index contributed by atoms with van der Waals surface area (Å²) in [4.78, 5) is 26.8. The van der Waals surface area contributed by atoms with E-state index < -0.39 is 0 Å². The molecule has 0 bridgehead atoms. The van der Waals surface area contributed by atoms with Gasteiger partial charge in [-0.1, -0.05) is 12.1 Å². The van der Waals surface area contributed by atoms with Gasteiger partial charge in [-0.25, -0.2) is 0 Å². The molecule has 2 N–H and O–H groups in total. The number of anilines is 1. The van der Waals surface area contributed by atoms with E-state index in [1.54, 1.807) is 30.3 Å². The van der Waals surface area contributed by atoms with E-state index in [2.05, 4.69) is 15.5 Å². The maximum atomic E-state index is 12.5. The minimum absolute atomic E-state index is 0.00794. The van der Waals surface area contributed by atoms with Gasteiger partial charge in [-0.15, -0.1) is 0 Å². The third kappa shape index (κ3) is 6.70. The fourth-order valence-electron chi connectivity index (χ4n) is 2.59. The van der Waals surface area contributed by atoms with Crippen LogP contribution < -0.4 is 15.4 Å². The van der Waals surface area contributed by atoms with Gasteiger partial charge in [-0.3, -0.25) is 9.59 Å². The van der Waals surface area contributed by atoms with Crippen molar-refractivity contribution in [3.63, 3.8) is 0 Å². The quantitative estimate of drug-likeness (QED) is 0.651. The number of para-hydroxylation sites is 2. The van der Waals surface area contributed by atoms with Crippen LogP contribution >= 0.6 is 0 Å². The summed E-state index contributed by atoms with van der Waals surface area (Å²) in [5.41, 5.74) is 1.62. The van der Waals surface area contributed by atoms with Crippen LogP contribution in [-0.4, -0.2) is 50.0 Å². The number of rotatable bonds is 9. The Bertz CT molecular complexity index is 786. The molecule has 0 saturated carbocycles. The molecule has 2 aromatic carbocycles. The summed E-state index contributed by atoms with van der Waals surface area (Å²) in [5, 5.41) is 5.75. The van der Waals surface area contributed by atoms with Crippen molar-refractivity contribution in [2.75, 3.05) is 32.5 Å². The second-order valence-electron chi connectivity index (χ2n) is 7.11. The van der Waals surface area contributed by atoms with Crippen molar-refractivity contribution < 1.29 is 14.3 Å². The first-order valence-electron chi connectivity index (χ1n) is 9.47. The van der Waals surface area contributed by atoms with Crippen LogP contribution in [0.2, 0.25) is 0 Å². The van der Waals surface area contributed by atoms with Crippen molar-refractivity contribution in [3.05, 3.63) is 59.7 Å². The Hall–Kier alpha value is -2.86. The van der Waals surface area contributed by atoms with Gasteiger partial charge in [-0.05, 0) is 77.3 Å². The van der Waals surface area contributed by atoms with Crippen molar-refractivity contribution >= 4 is 17.5 Å². The SMILES string of the molecule is CC(C)Oc1ccccc1NC(=O)c1ccc(C(=O)NCCCN(C)C)cc1. The van der Waals surface area contributed by atoms with Crippen LogP contribution in [0.3, 0.4) is 0 Å². The summed E-state index contributed by atoms with van der Waals surface area (Å²) in [6.45, 7) is 5.40. The highest BCUT2D eigenvalue weighted by atomic mass is 16.5. The number of amides is 2. The molecule has 0 fully saturated rings. The summed E-state index contributed by atoms with van der Waals surface area (Å²) >= 11 is 0. The first-order chi connectivity index (χ1) is 13.4. The Morgan fingerprint density at radius 1 is 0.964 bits per heavy atom. The molecule has 0 unspecified atom stereocenters. The van der Waals surface area contributed by atoms with Crippen molar-refractivity contribution in [1.82, 2.24) is 10.2 Å². The predicted molar refractivity (Wildman–Crippen MR) is 112 cm³/mol. The number of hydrogen-bond acceptors (Lipinski definition) is 4. The molecule has 0 aliphatic carbocycles. The Labute approximate surface area is 166 Å². The highest BCUT2D eigenvalue weighted by Gasteiger charge is 2.12. The largest absolute Gasteiger partial charge is 0.489 e. The fourth-order valence-corrected chi connectivity index (χ4v) is 2.59. The van der Waals surface area contributed by atoms with E-state index in [1.807, 2.05) is 46.1 Å². The average Bonchev–Trinajstić information content (AvgIpc) is 2.66. The first kappa shape index (κ1) is 21.4. The summed E-state index contributed by atoms with van der Waals surface area (Å²) in [7, 11) is 4.00. The number of benzene rings is 2. The molecule has 2 aromatic rings. The van der Waals surface area contributed by atoms with E-state index in [4.69, 9.17) is 4.74 Å². The van der Waals surface area contributed by atoms with Crippen LogP contribution in [0.1, 0.15) is 41.0 Å². The molecule has 150 valence electrons. The molecule has 28 heavy (non-hydrogen) atoms. The topological polar surface area (TPSA) is 70.7 Å². The van der Waals surface area contributed by atoms with Gasteiger partial charge in [-0.2, -0.15) is 0 Å². The Kier molecular flexibility index (Phi) is 8.02. The van der Waals surface area contributed by atoms with Crippen molar-refractivity contribution in [1.29, 1.82) is 0 Å². The third-order valence-electron chi connectivity index (χ3n) is 3.97. The number of hydrogen-bond donors (Lipinski definition) is 2. The Morgan fingerprint density at radius 2 is 1.57 bits per heavy atom. The fraction of sp³-hybridized carbons (Fsp3) is 0.364. The van der Waals surface area contributed by atoms with Crippen molar-refractivity contribution in [2.24, 2.45) is 0 Å². The monoisotopic (exact) mass is 383 g/mol. The molecular weight excluding hydrogens is 354 g/mol. The van der Waals surface area contributed by atoms with Crippen LogP contribution in [0, 0.1) is 0 Å². The minimum atomic E-state index is -0.252. The van der Waals surface area contributed by atoms with Gasteiger partial charge < -0.3 is 20.3 Å². The average molecular weight is 383 g/mol. The van der Waals surface area contributed by atoms with Gasteiger partial charge in [0.1, 0.15) is 5.75 Å². The summed E-state index contributed by atoms with van der Waals surface area (Å²) < 4.78 is 5.72. The van der Waals surface area contributed by atoms with Crippen LogP contribution in [0.15, 0.2) is 48.5 Å². The second-order valence-corrected chi connectivity index (χ2v) is 7.11. The molecule has 0 aromatic heterocycles. The molecule has 6 heteroatoms. The number of ether oxygens (including phenoxy) is 1. The third-order valence-corrected chi connectivity index (χ3v) is 3.97. The van der Waals surface area contributed by atoms with Crippen LogP contribution in [-0.2, 0) is 0 Å². The summed E-state index contributed by atoms with van der Waals surface area (Å²) in [6.07, 6.45) is 0.894. The zero-order valence-corrected chi connectivity index (χ0v) is 17.0. The highest BCUT2D eigenvalue weighted by Crippen LogP contribution is 2.25. The van der Waals surface area contributed by atoms with Gasteiger partial charge in [0.05, 0.1) is 11.8 Å². The predicted octanol–water partition coefficient (Wildman–Crippen LogP) is 3.41. The van der Waals surface area contributed by atoms with Crippen molar-refractivity contribution in [2.45, 2.75) is 26.4 Å². The number of carbonyl (C=O) groups excluding carboxylic acids is 2. The maximum absolute atomic E-state index is 12.5. The van der Waals surface area contributed by atoms with E-state index in [0.29, 0.717) is 29.1 Å². The lowest BCUT2D eigenvalue weighted by molar-refractivity contribution is 0.0950. The highest BCUT2D eigenvalue weighted by molar-refractivity contribution is 6.05. The lowest BCUT2D eigenvalue weighted by atomic mass is 10.1. The molecule has 2 amide bonds. The standard InChI is InChI=1S/C22H29N3O3/c1-16(2)28-20-9-6-5-8-19(20)24-22(27)18-12-10-17(11-13-18)21(26)23-14-7-15-25(3)4/h5-6,8-13,16H,7,14-15H2,1-4H3,(H,23,26)(H,24,27). The molecule has 0 saturated heterocycles. The number of nitrogens with one attached hydrogen (secondary N) is 2. The van der Waals surface area contributed by atoms with Gasteiger partial charge >= 0.3 is 0 Å². The van der Waals surface area contributed by atoms with Crippen LogP contribution in [0.5, 0.6) is 5.75 Å². The van der Waals surface area contributed by atoms with Gasteiger partial charge in [0.15, 0.2) is 0 Å². The number of nitrogens with zero attached hydrogens (tertiary/aromatic N) is 1. The van der Waals surface area contributed by atoms with E-state index >= 15 is 0 Å². The zero-order valence-electron chi connectivity index (χ0n) is 17.0. The van der Waals surface area contributed by atoms with E-state index in [9.17, 15) is 9.59 Å². The Morgan fingerprint density at radius 3 is 2.18 bits per heavy atom. The first-order valence-corrected chi connectivity index (χ1v) is 9.47. The molecular formula is C22H29N3O3.